The summed E-state index contributed by atoms with van der Waals surface area (Å²) in [6.45, 7) is 3.80. The highest BCUT2D eigenvalue weighted by molar-refractivity contribution is 7.92. The van der Waals surface area contributed by atoms with E-state index in [1.807, 2.05) is 13.8 Å². The van der Waals surface area contributed by atoms with Crippen molar-refractivity contribution >= 4 is 19.7 Å². The molecule has 6 heteroatoms. The summed E-state index contributed by atoms with van der Waals surface area (Å²) in [6, 6.07) is 13.5. The maximum Gasteiger partial charge on any atom is 0.178 e. The van der Waals surface area contributed by atoms with Crippen LogP contribution in [0.3, 0.4) is 0 Å². The van der Waals surface area contributed by atoms with E-state index in [0.29, 0.717) is 12.8 Å². The molecule has 140 valence electrons. The number of benzene rings is 2. The SMILES string of the molecule is Cc1ccc(S(=O)(=O)CC2(CS(=O)(=O)c3ccc(C)cc3)CCC2)cc1. The van der Waals surface area contributed by atoms with Crippen molar-refractivity contribution in [2.75, 3.05) is 11.5 Å². The van der Waals surface area contributed by atoms with Crippen molar-refractivity contribution in [2.24, 2.45) is 5.41 Å². The normalized spacial score (nSPS) is 16.8. The Balaban J connectivity index is 1.85. The number of aryl methyl sites for hydroxylation is 2. The lowest BCUT2D eigenvalue weighted by Crippen LogP contribution is -2.42. The molecule has 0 spiro atoms. The predicted octanol–water partition coefficient (Wildman–Crippen LogP) is 3.72. The minimum Gasteiger partial charge on any atom is -0.224 e. The quantitative estimate of drug-likeness (QED) is 0.751. The van der Waals surface area contributed by atoms with E-state index < -0.39 is 25.1 Å². The monoisotopic (exact) mass is 392 g/mol. The number of sulfone groups is 2. The second kappa shape index (κ2) is 6.82. The molecule has 2 aromatic carbocycles. The molecule has 0 atom stereocenters. The molecule has 0 N–H and O–H groups in total. The van der Waals surface area contributed by atoms with Crippen LogP contribution in [0.5, 0.6) is 0 Å². The number of hydrogen-bond acceptors (Lipinski definition) is 4. The summed E-state index contributed by atoms with van der Waals surface area (Å²) in [7, 11) is -7.04. The molecule has 3 rings (SSSR count). The highest BCUT2D eigenvalue weighted by atomic mass is 32.2. The molecule has 26 heavy (non-hydrogen) atoms. The zero-order valence-corrected chi connectivity index (χ0v) is 16.7. The van der Waals surface area contributed by atoms with E-state index in [0.717, 1.165) is 17.5 Å². The molecule has 2 aromatic rings. The van der Waals surface area contributed by atoms with Gasteiger partial charge in [0.25, 0.3) is 0 Å². The van der Waals surface area contributed by atoms with Crippen molar-refractivity contribution in [1.82, 2.24) is 0 Å². The fourth-order valence-corrected chi connectivity index (χ4v) is 7.43. The van der Waals surface area contributed by atoms with E-state index in [-0.39, 0.29) is 21.3 Å². The minimum atomic E-state index is -3.52. The van der Waals surface area contributed by atoms with Gasteiger partial charge in [0.2, 0.25) is 0 Å². The summed E-state index contributed by atoms with van der Waals surface area (Å²) in [6.07, 6.45) is 2.12. The maximum atomic E-state index is 12.8. The third-order valence-electron chi connectivity index (χ3n) is 5.17. The van der Waals surface area contributed by atoms with E-state index in [9.17, 15) is 16.8 Å². The summed E-state index contributed by atoms with van der Waals surface area (Å²) in [5, 5.41) is 0. The van der Waals surface area contributed by atoms with Crippen LogP contribution >= 0.6 is 0 Å². The molecule has 0 aromatic heterocycles. The third-order valence-corrected chi connectivity index (χ3v) is 9.13. The summed E-state index contributed by atoms with van der Waals surface area (Å²) in [4.78, 5) is 0.532. The predicted molar refractivity (Wildman–Crippen MR) is 103 cm³/mol. The van der Waals surface area contributed by atoms with Gasteiger partial charge in [0, 0.05) is 0 Å². The van der Waals surface area contributed by atoms with Gasteiger partial charge in [-0.15, -0.1) is 0 Å². The van der Waals surface area contributed by atoms with Crippen molar-refractivity contribution < 1.29 is 16.8 Å². The second-order valence-electron chi connectivity index (χ2n) is 7.50. The smallest absolute Gasteiger partial charge is 0.178 e. The van der Waals surface area contributed by atoms with Crippen molar-refractivity contribution in [3.63, 3.8) is 0 Å². The standard InChI is InChI=1S/C20H24O4S2/c1-16-4-8-18(9-5-16)25(21,22)14-20(12-3-13-20)15-26(23,24)19-10-6-17(2)7-11-19/h4-11H,3,12-15H2,1-2H3. The molecule has 0 amide bonds. The van der Waals surface area contributed by atoms with Crippen molar-refractivity contribution in [2.45, 2.75) is 42.9 Å². The van der Waals surface area contributed by atoms with Crippen LogP contribution in [0.4, 0.5) is 0 Å². The Morgan fingerprint density at radius 3 is 1.31 bits per heavy atom. The van der Waals surface area contributed by atoms with Crippen molar-refractivity contribution in [3.05, 3.63) is 59.7 Å². The molecule has 1 saturated carbocycles. The van der Waals surface area contributed by atoms with Crippen LogP contribution in [-0.2, 0) is 19.7 Å². The van der Waals surface area contributed by atoms with E-state index >= 15 is 0 Å². The first-order chi connectivity index (χ1) is 12.1. The first-order valence-electron chi connectivity index (χ1n) is 8.71. The highest BCUT2D eigenvalue weighted by Gasteiger charge is 2.44. The van der Waals surface area contributed by atoms with Crippen LogP contribution in [0.1, 0.15) is 30.4 Å². The molecule has 1 aliphatic rings. The molecule has 0 aliphatic heterocycles. The summed E-state index contributed by atoms with van der Waals surface area (Å²) < 4.78 is 51.3. The summed E-state index contributed by atoms with van der Waals surface area (Å²) in [5.74, 6) is -0.234. The van der Waals surface area contributed by atoms with E-state index in [1.54, 1.807) is 48.5 Å². The molecular weight excluding hydrogens is 368 g/mol. The Bertz CT molecular complexity index is 903. The zero-order valence-electron chi connectivity index (χ0n) is 15.1. The summed E-state index contributed by atoms with van der Waals surface area (Å²) >= 11 is 0. The maximum absolute atomic E-state index is 12.8. The van der Waals surface area contributed by atoms with Gasteiger partial charge in [-0.25, -0.2) is 16.8 Å². The van der Waals surface area contributed by atoms with Gasteiger partial charge < -0.3 is 0 Å². The van der Waals surface area contributed by atoms with Gasteiger partial charge in [0.15, 0.2) is 19.7 Å². The van der Waals surface area contributed by atoms with Gasteiger partial charge in [-0.2, -0.15) is 0 Å². The molecule has 1 fully saturated rings. The first-order valence-corrected chi connectivity index (χ1v) is 12.0. The van der Waals surface area contributed by atoms with Crippen LogP contribution in [0.25, 0.3) is 0 Å². The lowest BCUT2D eigenvalue weighted by Gasteiger charge is -2.41. The average molecular weight is 393 g/mol. The topological polar surface area (TPSA) is 68.3 Å². The number of rotatable bonds is 6. The van der Waals surface area contributed by atoms with Gasteiger partial charge in [-0.1, -0.05) is 41.8 Å². The largest absolute Gasteiger partial charge is 0.224 e. The number of hydrogen-bond donors (Lipinski definition) is 0. The minimum absolute atomic E-state index is 0.117. The molecule has 0 heterocycles. The Morgan fingerprint density at radius 1 is 0.692 bits per heavy atom. The molecule has 1 aliphatic carbocycles. The molecule has 0 unspecified atom stereocenters. The Morgan fingerprint density at radius 2 is 1.04 bits per heavy atom. The molecule has 0 saturated heterocycles. The van der Waals surface area contributed by atoms with E-state index in [2.05, 4.69) is 0 Å². The first kappa shape index (κ1) is 19.1. The fourth-order valence-electron chi connectivity index (χ4n) is 3.47. The Labute approximate surface area is 156 Å². The van der Waals surface area contributed by atoms with Gasteiger partial charge in [0.05, 0.1) is 21.3 Å². The molecular formula is C20H24O4S2. The fraction of sp³-hybridized carbons (Fsp3) is 0.400. The van der Waals surface area contributed by atoms with E-state index in [1.165, 1.54) is 0 Å². The van der Waals surface area contributed by atoms with Crippen LogP contribution < -0.4 is 0 Å². The molecule has 4 nitrogen and oxygen atoms in total. The lowest BCUT2D eigenvalue weighted by molar-refractivity contribution is 0.197. The highest BCUT2D eigenvalue weighted by Crippen LogP contribution is 2.45. The Hall–Kier alpha value is -1.66. The molecule has 0 bridgehead atoms. The van der Waals surface area contributed by atoms with Gasteiger partial charge in [-0.05, 0) is 56.4 Å². The van der Waals surface area contributed by atoms with Crippen molar-refractivity contribution in [1.29, 1.82) is 0 Å². The van der Waals surface area contributed by atoms with E-state index in [4.69, 9.17) is 0 Å². The van der Waals surface area contributed by atoms with Crippen LogP contribution in [-0.4, -0.2) is 28.3 Å². The average Bonchev–Trinajstić information content (AvgIpc) is 2.53. The molecule has 0 radical (unpaired) electrons. The van der Waals surface area contributed by atoms with Gasteiger partial charge >= 0.3 is 0 Å². The zero-order chi connectivity index (χ0) is 19.0. The Kier molecular flexibility index (Phi) is 5.01. The second-order valence-corrected chi connectivity index (χ2v) is 11.5. The summed E-state index contributed by atoms with van der Waals surface area (Å²) in [5.41, 5.74) is 1.29. The van der Waals surface area contributed by atoms with Gasteiger partial charge in [0.1, 0.15) is 0 Å². The lowest BCUT2D eigenvalue weighted by atomic mass is 9.72. The van der Waals surface area contributed by atoms with Crippen LogP contribution in [0.15, 0.2) is 58.3 Å². The van der Waals surface area contributed by atoms with Crippen molar-refractivity contribution in [3.8, 4) is 0 Å². The van der Waals surface area contributed by atoms with Crippen LogP contribution in [0, 0.1) is 19.3 Å². The van der Waals surface area contributed by atoms with Gasteiger partial charge in [-0.3, -0.25) is 0 Å². The van der Waals surface area contributed by atoms with Crippen LogP contribution in [0.2, 0.25) is 0 Å². The third kappa shape index (κ3) is 4.01.